The highest BCUT2D eigenvalue weighted by Crippen LogP contribution is 2.31. The molecule has 1 aliphatic carbocycles. The van der Waals surface area contributed by atoms with Gasteiger partial charge in [0.15, 0.2) is 5.16 Å². The number of benzene rings is 1. The molecule has 7 heteroatoms. The molecule has 2 aromatic heterocycles. The van der Waals surface area contributed by atoms with Gasteiger partial charge < -0.3 is 9.88 Å². The maximum absolute atomic E-state index is 12.5. The number of nitrogens with zero attached hydrogens (tertiary/aromatic N) is 4. The van der Waals surface area contributed by atoms with Crippen molar-refractivity contribution in [1.29, 1.82) is 0 Å². The Labute approximate surface area is 157 Å². The molecule has 1 amide bonds. The second-order valence-corrected chi connectivity index (χ2v) is 7.51. The fourth-order valence-corrected chi connectivity index (χ4v) is 4.51. The van der Waals surface area contributed by atoms with Gasteiger partial charge in [0.2, 0.25) is 5.91 Å². The van der Waals surface area contributed by atoms with Crippen molar-refractivity contribution in [3.05, 3.63) is 36.5 Å². The van der Waals surface area contributed by atoms with Gasteiger partial charge in [0.1, 0.15) is 5.82 Å². The van der Waals surface area contributed by atoms with Gasteiger partial charge in [-0.15, -0.1) is 0 Å². The first kappa shape index (κ1) is 17.1. The summed E-state index contributed by atoms with van der Waals surface area (Å²) in [7, 11) is 0. The van der Waals surface area contributed by atoms with Crippen LogP contribution in [-0.4, -0.2) is 31.0 Å². The molecule has 0 unspecified atom stereocenters. The van der Waals surface area contributed by atoms with Crippen LogP contribution in [0.2, 0.25) is 0 Å². The fourth-order valence-electron chi connectivity index (χ4n) is 3.63. The summed E-state index contributed by atoms with van der Waals surface area (Å²) in [5.74, 6) is 1.11. The van der Waals surface area contributed by atoms with E-state index in [1.54, 1.807) is 6.20 Å². The van der Waals surface area contributed by atoms with Crippen molar-refractivity contribution >= 4 is 34.5 Å². The molecule has 1 fully saturated rings. The lowest BCUT2D eigenvalue weighted by molar-refractivity contribution is -0.113. The van der Waals surface area contributed by atoms with Crippen molar-refractivity contribution in [2.24, 2.45) is 0 Å². The Bertz CT molecular complexity index is 910. The highest BCUT2D eigenvalue weighted by molar-refractivity contribution is 7.99. The van der Waals surface area contributed by atoms with Crippen LogP contribution in [0.4, 0.5) is 5.82 Å². The van der Waals surface area contributed by atoms with Crippen LogP contribution in [-0.2, 0) is 11.3 Å². The number of fused-ring (bicyclic) bond motifs is 1. The highest BCUT2D eigenvalue weighted by Gasteiger charge is 2.20. The molecule has 1 aliphatic rings. The highest BCUT2D eigenvalue weighted by atomic mass is 32.2. The van der Waals surface area contributed by atoms with Crippen LogP contribution in [0.5, 0.6) is 0 Å². The van der Waals surface area contributed by atoms with Gasteiger partial charge in [-0.05, 0) is 31.9 Å². The van der Waals surface area contributed by atoms with Crippen LogP contribution in [0.3, 0.4) is 0 Å². The van der Waals surface area contributed by atoms with E-state index in [9.17, 15) is 4.79 Å². The summed E-state index contributed by atoms with van der Waals surface area (Å²) in [5.41, 5.74) is 2.08. The summed E-state index contributed by atoms with van der Waals surface area (Å²) < 4.78 is 4.12. The van der Waals surface area contributed by atoms with E-state index in [4.69, 9.17) is 0 Å². The molecule has 1 N–H and O–H groups in total. The van der Waals surface area contributed by atoms with Crippen molar-refractivity contribution in [2.75, 3.05) is 11.1 Å². The Kier molecular flexibility index (Phi) is 4.97. The van der Waals surface area contributed by atoms with Crippen LogP contribution < -0.4 is 5.32 Å². The molecule has 0 aliphatic heterocycles. The van der Waals surface area contributed by atoms with Gasteiger partial charge in [-0.2, -0.15) is 5.10 Å². The molecule has 0 saturated heterocycles. The van der Waals surface area contributed by atoms with E-state index in [0.29, 0.717) is 11.8 Å². The first-order valence-corrected chi connectivity index (χ1v) is 10.2. The van der Waals surface area contributed by atoms with Crippen LogP contribution in [0, 0.1) is 0 Å². The Balaban J connectivity index is 1.43. The van der Waals surface area contributed by atoms with E-state index in [0.717, 1.165) is 41.4 Å². The van der Waals surface area contributed by atoms with Gasteiger partial charge >= 0.3 is 0 Å². The van der Waals surface area contributed by atoms with Crippen LogP contribution in [0.1, 0.15) is 38.6 Å². The minimum absolute atomic E-state index is 0.0237. The van der Waals surface area contributed by atoms with Crippen molar-refractivity contribution in [3.63, 3.8) is 0 Å². The van der Waals surface area contributed by atoms with Crippen molar-refractivity contribution in [2.45, 2.75) is 50.4 Å². The Morgan fingerprint density at radius 1 is 1.27 bits per heavy atom. The summed E-state index contributed by atoms with van der Waals surface area (Å²) in [6.07, 6.45) is 6.51. The number of hydrogen-bond acceptors (Lipinski definition) is 4. The molecule has 2 heterocycles. The molecule has 0 atom stereocenters. The molecule has 3 aromatic rings. The van der Waals surface area contributed by atoms with Gasteiger partial charge in [-0.3, -0.25) is 4.79 Å². The third-order valence-corrected chi connectivity index (χ3v) is 5.85. The molecule has 6 nitrogen and oxygen atoms in total. The average Bonchev–Trinajstić information content (AvgIpc) is 3.38. The van der Waals surface area contributed by atoms with Gasteiger partial charge in [-0.1, -0.05) is 36.7 Å². The number of nitrogens with one attached hydrogen (secondary N) is 1. The van der Waals surface area contributed by atoms with E-state index in [2.05, 4.69) is 33.0 Å². The van der Waals surface area contributed by atoms with E-state index in [1.807, 2.05) is 28.9 Å². The number of aromatic nitrogens is 4. The molecular formula is C19H23N5OS. The number of hydrogen-bond donors (Lipinski definition) is 1. The zero-order valence-electron chi connectivity index (χ0n) is 14.9. The fraction of sp³-hybridized carbons (Fsp3) is 0.421. The first-order valence-electron chi connectivity index (χ1n) is 9.17. The van der Waals surface area contributed by atoms with Gasteiger partial charge in [0.05, 0.1) is 29.0 Å². The van der Waals surface area contributed by atoms with E-state index < -0.39 is 0 Å². The first-order chi connectivity index (χ1) is 12.8. The summed E-state index contributed by atoms with van der Waals surface area (Å²) in [4.78, 5) is 17.1. The number of rotatable bonds is 6. The number of aryl methyl sites for hydroxylation is 1. The maximum Gasteiger partial charge on any atom is 0.235 e. The lowest BCUT2D eigenvalue weighted by Crippen LogP contribution is -2.19. The molecular weight excluding hydrogens is 346 g/mol. The standard InChI is InChI=1S/C19H23N5OS/c1-2-23-16-10-6-5-9-15(16)21-19(23)26-13-18(25)22-17-11-12-20-24(17)14-7-3-4-8-14/h5-6,9-12,14H,2-4,7-8,13H2,1H3,(H,22,25). The average molecular weight is 369 g/mol. The third-order valence-electron chi connectivity index (χ3n) is 4.88. The topological polar surface area (TPSA) is 64.7 Å². The predicted octanol–water partition coefficient (Wildman–Crippen LogP) is 4.10. The van der Waals surface area contributed by atoms with Gasteiger partial charge in [0.25, 0.3) is 0 Å². The molecule has 4 rings (SSSR count). The smallest absolute Gasteiger partial charge is 0.235 e. The van der Waals surface area contributed by atoms with Crippen LogP contribution in [0.15, 0.2) is 41.7 Å². The Morgan fingerprint density at radius 3 is 2.88 bits per heavy atom. The number of carbonyl (C=O) groups excluding carboxylic acids is 1. The molecule has 136 valence electrons. The molecule has 0 radical (unpaired) electrons. The number of anilines is 1. The Morgan fingerprint density at radius 2 is 2.08 bits per heavy atom. The van der Waals surface area contributed by atoms with Gasteiger partial charge in [-0.25, -0.2) is 9.67 Å². The van der Waals surface area contributed by atoms with Crippen LogP contribution in [0.25, 0.3) is 11.0 Å². The number of carbonyl (C=O) groups is 1. The predicted molar refractivity (Wildman–Crippen MR) is 104 cm³/mol. The van der Waals surface area contributed by atoms with E-state index in [1.165, 1.54) is 24.6 Å². The lowest BCUT2D eigenvalue weighted by Gasteiger charge is -2.14. The molecule has 0 spiro atoms. The SMILES string of the molecule is CCn1c(SCC(=O)Nc2ccnn2C2CCCC2)nc2ccccc21. The second-order valence-electron chi connectivity index (χ2n) is 6.56. The number of imidazole rings is 1. The second kappa shape index (κ2) is 7.53. The molecule has 0 bridgehead atoms. The lowest BCUT2D eigenvalue weighted by atomic mass is 10.2. The van der Waals surface area contributed by atoms with E-state index in [-0.39, 0.29) is 5.91 Å². The maximum atomic E-state index is 12.5. The minimum atomic E-state index is -0.0237. The zero-order chi connectivity index (χ0) is 17.9. The zero-order valence-corrected chi connectivity index (χ0v) is 15.7. The minimum Gasteiger partial charge on any atom is -0.319 e. The normalized spacial score (nSPS) is 15.0. The summed E-state index contributed by atoms with van der Waals surface area (Å²) in [6, 6.07) is 10.4. The molecule has 1 aromatic carbocycles. The molecule has 1 saturated carbocycles. The van der Waals surface area contributed by atoms with Crippen molar-refractivity contribution < 1.29 is 4.79 Å². The summed E-state index contributed by atoms with van der Waals surface area (Å²) in [6.45, 7) is 2.93. The number of para-hydroxylation sites is 2. The quantitative estimate of drug-likeness (QED) is 0.665. The third kappa shape index (κ3) is 3.35. The van der Waals surface area contributed by atoms with Gasteiger partial charge in [0, 0.05) is 12.6 Å². The summed E-state index contributed by atoms with van der Waals surface area (Å²) >= 11 is 1.48. The summed E-state index contributed by atoms with van der Waals surface area (Å²) in [5, 5.41) is 8.30. The van der Waals surface area contributed by atoms with Crippen molar-refractivity contribution in [3.8, 4) is 0 Å². The monoisotopic (exact) mass is 369 g/mol. The van der Waals surface area contributed by atoms with Crippen molar-refractivity contribution in [1.82, 2.24) is 19.3 Å². The van der Waals surface area contributed by atoms with Crippen LogP contribution >= 0.6 is 11.8 Å². The number of amides is 1. The number of thioether (sulfide) groups is 1. The van der Waals surface area contributed by atoms with E-state index >= 15 is 0 Å². The largest absolute Gasteiger partial charge is 0.319 e. The molecule has 26 heavy (non-hydrogen) atoms. The Hall–Kier alpha value is -2.28.